The number of hydrogen-bond acceptors (Lipinski definition) is 5. The van der Waals surface area contributed by atoms with Crippen LogP contribution in [-0.4, -0.2) is 36.9 Å². The van der Waals surface area contributed by atoms with Gasteiger partial charge in [0.05, 0.1) is 16.1 Å². The summed E-state index contributed by atoms with van der Waals surface area (Å²) >= 11 is 5.77. The van der Waals surface area contributed by atoms with Gasteiger partial charge in [0.1, 0.15) is 17.4 Å². The van der Waals surface area contributed by atoms with Crippen molar-refractivity contribution in [2.75, 3.05) is 6.54 Å². The minimum Gasteiger partial charge on any atom is -0.354 e. The second-order valence-corrected chi connectivity index (χ2v) is 5.90. The van der Waals surface area contributed by atoms with E-state index in [2.05, 4.69) is 15.5 Å². The molecule has 2 aromatic heterocycles. The molecule has 0 saturated heterocycles. The molecular weight excluding hydrogens is 336 g/mol. The Morgan fingerprint density at radius 3 is 2.75 bits per heavy atom. The molecule has 9 nitrogen and oxygen atoms in total. The fourth-order valence-corrected chi connectivity index (χ4v) is 2.62. The van der Waals surface area contributed by atoms with Crippen LogP contribution in [0.5, 0.6) is 0 Å². The zero-order valence-electron chi connectivity index (χ0n) is 13.7. The first-order valence-corrected chi connectivity index (χ1v) is 7.84. The van der Waals surface area contributed by atoms with Crippen molar-refractivity contribution < 1.29 is 9.72 Å². The summed E-state index contributed by atoms with van der Waals surface area (Å²) < 4.78 is 3.08. The van der Waals surface area contributed by atoms with Crippen molar-refractivity contribution >= 4 is 23.2 Å². The number of nitro groups is 1. The van der Waals surface area contributed by atoms with Gasteiger partial charge in [0.2, 0.25) is 5.91 Å². The average Bonchev–Trinajstić information content (AvgIpc) is 3.05. The number of carbonyl (C=O) groups is 1. The van der Waals surface area contributed by atoms with E-state index in [1.807, 2.05) is 0 Å². The molecule has 0 aromatic carbocycles. The Balaban J connectivity index is 1.90. The van der Waals surface area contributed by atoms with Crippen LogP contribution in [-0.2, 0) is 11.3 Å². The van der Waals surface area contributed by atoms with Gasteiger partial charge in [-0.05, 0) is 27.2 Å². The molecule has 1 atom stereocenters. The SMILES string of the molecule is Cc1nn(C(C)C(=O)NCCCn2cc(Cl)cn2)c(C)c1[N+](=O)[O-]. The molecule has 0 saturated carbocycles. The van der Waals surface area contributed by atoms with Crippen LogP contribution in [0.2, 0.25) is 5.02 Å². The Morgan fingerprint density at radius 1 is 1.50 bits per heavy atom. The number of aromatic nitrogens is 4. The normalized spacial score (nSPS) is 12.2. The maximum atomic E-state index is 12.2. The molecule has 0 fully saturated rings. The largest absolute Gasteiger partial charge is 0.354 e. The van der Waals surface area contributed by atoms with Crippen molar-refractivity contribution in [3.63, 3.8) is 0 Å². The first-order chi connectivity index (χ1) is 11.3. The number of carbonyl (C=O) groups excluding carboxylic acids is 1. The van der Waals surface area contributed by atoms with Crippen LogP contribution < -0.4 is 5.32 Å². The van der Waals surface area contributed by atoms with Crippen molar-refractivity contribution in [3.8, 4) is 0 Å². The molecule has 24 heavy (non-hydrogen) atoms. The highest BCUT2D eigenvalue weighted by Gasteiger charge is 2.26. The molecule has 0 spiro atoms. The molecule has 0 aliphatic carbocycles. The number of aryl methyl sites for hydroxylation is 2. The Kier molecular flexibility index (Phi) is 5.55. The highest BCUT2D eigenvalue weighted by atomic mass is 35.5. The molecule has 1 amide bonds. The molecule has 0 bridgehead atoms. The number of nitrogens with one attached hydrogen (secondary N) is 1. The molecular formula is C14H19ClN6O3. The van der Waals surface area contributed by atoms with Gasteiger partial charge in [-0.3, -0.25) is 24.3 Å². The number of hydrogen-bond donors (Lipinski definition) is 1. The van der Waals surface area contributed by atoms with Crippen molar-refractivity contribution in [3.05, 3.63) is 38.9 Å². The van der Waals surface area contributed by atoms with Crippen molar-refractivity contribution in [2.24, 2.45) is 0 Å². The maximum Gasteiger partial charge on any atom is 0.312 e. The summed E-state index contributed by atoms with van der Waals surface area (Å²) in [4.78, 5) is 22.8. The first kappa shape index (κ1) is 17.9. The standard InChI is InChI=1S/C14H19ClN6O3/c1-9-13(21(23)24)10(2)20(18-9)11(3)14(22)16-5-4-6-19-8-12(15)7-17-19/h7-8,11H,4-6H2,1-3H3,(H,16,22). The zero-order valence-corrected chi connectivity index (χ0v) is 14.4. The number of nitrogens with zero attached hydrogens (tertiary/aromatic N) is 5. The fourth-order valence-electron chi connectivity index (χ4n) is 2.47. The van der Waals surface area contributed by atoms with E-state index in [4.69, 9.17) is 11.6 Å². The van der Waals surface area contributed by atoms with E-state index < -0.39 is 11.0 Å². The van der Waals surface area contributed by atoms with Gasteiger partial charge in [-0.2, -0.15) is 10.2 Å². The monoisotopic (exact) mass is 354 g/mol. The maximum absolute atomic E-state index is 12.2. The lowest BCUT2D eigenvalue weighted by molar-refractivity contribution is -0.386. The van der Waals surface area contributed by atoms with E-state index in [0.717, 1.165) is 0 Å². The molecule has 2 heterocycles. The van der Waals surface area contributed by atoms with E-state index in [9.17, 15) is 14.9 Å². The summed E-state index contributed by atoms with van der Waals surface area (Å²) in [6, 6.07) is -0.628. The molecule has 10 heteroatoms. The molecule has 2 aromatic rings. The third-order valence-electron chi connectivity index (χ3n) is 3.68. The van der Waals surface area contributed by atoms with Crippen molar-refractivity contribution in [1.29, 1.82) is 0 Å². The van der Waals surface area contributed by atoms with E-state index in [-0.39, 0.29) is 11.6 Å². The van der Waals surface area contributed by atoms with Gasteiger partial charge in [-0.1, -0.05) is 11.6 Å². The van der Waals surface area contributed by atoms with Gasteiger partial charge in [0, 0.05) is 19.3 Å². The van der Waals surface area contributed by atoms with Crippen LogP contribution in [0, 0.1) is 24.0 Å². The number of rotatable bonds is 7. The Morgan fingerprint density at radius 2 is 2.21 bits per heavy atom. The lowest BCUT2D eigenvalue weighted by atomic mass is 10.2. The molecule has 2 rings (SSSR count). The van der Waals surface area contributed by atoms with Gasteiger partial charge in [0.15, 0.2) is 0 Å². The highest BCUT2D eigenvalue weighted by Crippen LogP contribution is 2.24. The molecule has 130 valence electrons. The molecule has 0 aliphatic rings. The van der Waals surface area contributed by atoms with Crippen molar-refractivity contribution in [2.45, 2.75) is 39.8 Å². The lowest BCUT2D eigenvalue weighted by Gasteiger charge is -2.14. The minimum atomic E-state index is -0.628. The van der Waals surface area contributed by atoms with Crippen LogP contribution in [0.25, 0.3) is 0 Å². The third-order valence-corrected chi connectivity index (χ3v) is 3.88. The van der Waals surface area contributed by atoms with Crippen LogP contribution >= 0.6 is 11.6 Å². The second-order valence-electron chi connectivity index (χ2n) is 5.46. The average molecular weight is 355 g/mol. The number of amides is 1. The Labute approximate surface area is 143 Å². The summed E-state index contributed by atoms with van der Waals surface area (Å²) in [7, 11) is 0. The van der Waals surface area contributed by atoms with Crippen LogP contribution in [0.3, 0.4) is 0 Å². The quantitative estimate of drug-likeness (QED) is 0.465. The van der Waals surface area contributed by atoms with Gasteiger partial charge >= 0.3 is 5.69 Å². The van der Waals surface area contributed by atoms with Gasteiger partial charge < -0.3 is 5.32 Å². The predicted octanol–water partition coefficient (Wildman–Crippen LogP) is 2.03. The third kappa shape index (κ3) is 3.91. The summed E-state index contributed by atoms with van der Waals surface area (Å²) in [5.41, 5.74) is 0.615. The van der Waals surface area contributed by atoms with Gasteiger partial charge in [0.25, 0.3) is 0 Å². The van der Waals surface area contributed by atoms with Crippen LogP contribution in [0.4, 0.5) is 5.69 Å². The highest BCUT2D eigenvalue weighted by molar-refractivity contribution is 6.30. The second kappa shape index (κ2) is 7.43. The van der Waals surface area contributed by atoms with E-state index in [1.165, 1.54) is 4.68 Å². The van der Waals surface area contributed by atoms with Crippen molar-refractivity contribution in [1.82, 2.24) is 24.9 Å². The Bertz CT molecular complexity index is 754. The zero-order chi connectivity index (χ0) is 17.9. The fraction of sp³-hybridized carbons (Fsp3) is 0.500. The summed E-state index contributed by atoms with van der Waals surface area (Å²) in [6.45, 7) is 5.89. The summed E-state index contributed by atoms with van der Waals surface area (Å²) in [6.07, 6.45) is 3.95. The lowest BCUT2D eigenvalue weighted by Crippen LogP contribution is -2.33. The topological polar surface area (TPSA) is 108 Å². The summed E-state index contributed by atoms with van der Waals surface area (Å²) in [5.74, 6) is -0.242. The molecule has 0 radical (unpaired) electrons. The molecule has 1 N–H and O–H groups in total. The minimum absolute atomic E-state index is 0.0507. The van der Waals surface area contributed by atoms with E-state index in [0.29, 0.717) is 35.9 Å². The van der Waals surface area contributed by atoms with E-state index >= 15 is 0 Å². The van der Waals surface area contributed by atoms with Gasteiger partial charge in [-0.15, -0.1) is 0 Å². The smallest absolute Gasteiger partial charge is 0.312 e. The summed E-state index contributed by atoms with van der Waals surface area (Å²) in [5, 5.41) is 22.6. The van der Waals surface area contributed by atoms with Gasteiger partial charge in [-0.25, -0.2) is 0 Å². The molecule has 1 unspecified atom stereocenters. The predicted molar refractivity (Wildman–Crippen MR) is 87.9 cm³/mol. The first-order valence-electron chi connectivity index (χ1n) is 7.47. The van der Waals surface area contributed by atoms with E-state index in [1.54, 1.807) is 37.8 Å². The number of halogens is 1. The van der Waals surface area contributed by atoms with Crippen LogP contribution in [0.15, 0.2) is 12.4 Å². The molecule has 0 aliphatic heterocycles. The Hall–Kier alpha value is -2.42. The van der Waals surface area contributed by atoms with Crippen LogP contribution in [0.1, 0.15) is 30.8 Å².